The van der Waals surface area contributed by atoms with Crippen molar-refractivity contribution < 1.29 is 17.9 Å². The van der Waals surface area contributed by atoms with Crippen LogP contribution < -0.4 is 14.8 Å². The van der Waals surface area contributed by atoms with Crippen LogP contribution >= 0.6 is 11.6 Å². The highest BCUT2D eigenvalue weighted by molar-refractivity contribution is 7.92. The molecule has 3 rings (SSSR count). The van der Waals surface area contributed by atoms with Crippen LogP contribution in [0.3, 0.4) is 0 Å². The van der Waals surface area contributed by atoms with Crippen molar-refractivity contribution in [3.63, 3.8) is 0 Å². The van der Waals surface area contributed by atoms with E-state index >= 15 is 0 Å². The number of carbonyl (C=O) groups excluding carboxylic acids is 1. The van der Waals surface area contributed by atoms with Gasteiger partial charge in [0.25, 0.3) is 15.9 Å². The van der Waals surface area contributed by atoms with Gasteiger partial charge in [-0.05, 0) is 43.3 Å². The molecule has 8 heteroatoms. The van der Waals surface area contributed by atoms with Crippen LogP contribution in [0.5, 0.6) is 5.75 Å². The quantitative estimate of drug-likeness (QED) is 0.556. The second-order valence-electron chi connectivity index (χ2n) is 6.55. The Morgan fingerprint density at radius 1 is 1.00 bits per heavy atom. The molecule has 30 heavy (non-hydrogen) atoms. The van der Waals surface area contributed by atoms with Crippen molar-refractivity contribution in [3.05, 3.63) is 88.9 Å². The van der Waals surface area contributed by atoms with Crippen molar-refractivity contribution in [2.24, 2.45) is 0 Å². The molecule has 0 saturated heterocycles. The van der Waals surface area contributed by atoms with Crippen LogP contribution in [0.2, 0.25) is 5.02 Å². The third-order valence-corrected chi connectivity index (χ3v) is 6.18. The Balaban J connectivity index is 1.76. The highest BCUT2D eigenvalue weighted by atomic mass is 35.5. The van der Waals surface area contributed by atoms with Gasteiger partial charge in [0.05, 0.1) is 34.3 Å². The number of nitrogens with one attached hydrogen (secondary N) is 2. The molecule has 0 aliphatic heterocycles. The Bertz CT molecular complexity index is 1150. The standard InChI is InChI=1S/C22H21ClN2O4S/c1-15(18-10-6-7-11-21(18)29-2)24-22(26)19-13-12-16(14-20(19)23)25-30(27,28)17-8-4-3-5-9-17/h3-15,25H,1-2H3,(H,24,26). The minimum atomic E-state index is -3.75. The number of carbonyl (C=O) groups is 1. The molecule has 0 aliphatic carbocycles. The fraction of sp³-hybridized carbons (Fsp3) is 0.136. The van der Waals surface area contributed by atoms with Crippen LogP contribution in [0, 0.1) is 0 Å². The van der Waals surface area contributed by atoms with Gasteiger partial charge < -0.3 is 10.1 Å². The predicted molar refractivity (Wildman–Crippen MR) is 118 cm³/mol. The maximum absolute atomic E-state index is 12.7. The van der Waals surface area contributed by atoms with E-state index in [0.717, 1.165) is 5.56 Å². The lowest BCUT2D eigenvalue weighted by Gasteiger charge is -2.18. The number of benzene rings is 3. The Kier molecular flexibility index (Phi) is 6.64. The van der Waals surface area contributed by atoms with Crippen LogP contribution in [-0.2, 0) is 10.0 Å². The molecule has 156 valence electrons. The SMILES string of the molecule is COc1ccccc1C(C)NC(=O)c1ccc(NS(=O)(=O)c2ccccc2)cc1Cl. The van der Waals surface area contributed by atoms with E-state index in [2.05, 4.69) is 10.0 Å². The lowest BCUT2D eigenvalue weighted by molar-refractivity contribution is 0.0939. The van der Waals surface area contributed by atoms with Crippen LogP contribution in [0.15, 0.2) is 77.7 Å². The second-order valence-corrected chi connectivity index (χ2v) is 8.64. The van der Waals surface area contributed by atoms with Crippen molar-refractivity contribution in [3.8, 4) is 5.75 Å². The average Bonchev–Trinajstić information content (AvgIpc) is 2.74. The van der Waals surface area contributed by atoms with E-state index in [-0.39, 0.29) is 33.1 Å². The topological polar surface area (TPSA) is 84.5 Å². The van der Waals surface area contributed by atoms with Gasteiger partial charge in [-0.15, -0.1) is 0 Å². The van der Waals surface area contributed by atoms with Gasteiger partial charge in [0.15, 0.2) is 0 Å². The van der Waals surface area contributed by atoms with Crippen molar-refractivity contribution in [1.29, 1.82) is 0 Å². The van der Waals surface area contributed by atoms with Gasteiger partial charge in [-0.2, -0.15) is 0 Å². The Morgan fingerprint density at radius 3 is 2.33 bits per heavy atom. The molecule has 6 nitrogen and oxygen atoms in total. The first-order valence-corrected chi connectivity index (χ1v) is 11.0. The summed E-state index contributed by atoms with van der Waals surface area (Å²) < 4.78 is 32.7. The fourth-order valence-electron chi connectivity index (χ4n) is 2.95. The van der Waals surface area contributed by atoms with Crippen LogP contribution in [0.1, 0.15) is 28.9 Å². The molecule has 0 aromatic heterocycles. The third-order valence-electron chi connectivity index (χ3n) is 4.47. The van der Waals surface area contributed by atoms with E-state index in [1.54, 1.807) is 25.3 Å². The number of hydrogen-bond donors (Lipinski definition) is 2. The van der Waals surface area contributed by atoms with Crippen molar-refractivity contribution in [2.75, 3.05) is 11.8 Å². The monoisotopic (exact) mass is 444 g/mol. The van der Waals surface area contributed by atoms with E-state index in [0.29, 0.717) is 5.75 Å². The maximum Gasteiger partial charge on any atom is 0.261 e. The first-order valence-electron chi connectivity index (χ1n) is 9.13. The number of hydrogen-bond acceptors (Lipinski definition) is 4. The van der Waals surface area contributed by atoms with Crippen molar-refractivity contribution in [2.45, 2.75) is 17.9 Å². The largest absolute Gasteiger partial charge is 0.496 e. The molecule has 3 aromatic rings. The van der Waals surface area contributed by atoms with E-state index < -0.39 is 10.0 Å². The minimum Gasteiger partial charge on any atom is -0.496 e. The summed E-state index contributed by atoms with van der Waals surface area (Å²) in [5.41, 5.74) is 1.33. The highest BCUT2D eigenvalue weighted by Gasteiger charge is 2.18. The number of methoxy groups -OCH3 is 1. The number of rotatable bonds is 7. The van der Waals surface area contributed by atoms with Gasteiger partial charge in [-0.3, -0.25) is 9.52 Å². The Hall–Kier alpha value is -3.03. The third kappa shape index (κ3) is 4.93. The van der Waals surface area contributed by atoms with Gasteiger partial charge in [0.2, 0.25) is 0 Å². The molecule has 2 N–H and O–H groups in total. The number of amides is 1. The zero-order chi connectivity index (χ0) is 21.7. The summed E-state index contributed by atoms with van der Waals surface area (Å²) >= 11 is 6.27. The van der Waals surface area contributed by atoms with Gasteiger partial charge in [-0.25, -0.2) is 8.42 Å². The zero-order valence-electron chi connectivity index (χ0n) is 16.4. The number of halogens is 1. The molecule has 0 fully saturated rings. The molecule has 0 spiro atoms. The number of ether oxygens (including phenoxy) is 1. The van der Waals surface area contributed by atoms with E-state index in [1.165, 1.54) is 30.3 Å². The Labute approximate surface area is 180 Å². The fourth-order valence-corrected chi connectivity index (χ4v) is 4.29. The number of anilines is 1. The molecule has 1 unspecified atom stereocenters. The van der Waals surface area contributed by atoms with Gasteiger partial charge in [0, 0.05) is 5.56 Å². The van der Waals surface area contributed by atoms with E-state index in [9.17, 15) is 13.2 Å². The molecule has 1 amide bonds. The van der Waals surface area contributed by atoms with Gasteiger partial charge in [-0.1, -0.05) is 48.0 Å². The maximum atomic E-state index is 12.7. The lowest BCUT2D eigenvalue weighted by atomic mass is 10.1. The second kappa shape index (κ2) is 9.19. The summed E-state index contributed by atoms with van der Waals surface area (Å²) in [5, 5.41) is 3.01. The van der Waals surface area contributed by atoms with Crippen LogP contribution in [0.4, 0.5) is 5.69 Å². The van der Waals surface area contributed by atoms with E-state index in [4.69, 9.17) is 16.3 Å². The van der Waals surface area contributed by atoms with Crippen molar-refractivity contribution >= 4 is 33.2 Å². The normalized spacial score (nSPS) is 12.1. The summed E-state index contributed by atoms with van der Waals surface area (Å²) in [7, 11) is -2.18. The average molecular weight is 445 g/mol. The van der Waals surface area contributed by atoms with Gasteiger partial charge in [0.1, 0.15) is 5.75 Å². The van der Waals surface area contributed by atoms with Crippen LogP contribution in [-0.4, -0.2) is 21.4 Å². The molecule has 3 aromatic carbocycles. The zero-order valence-corrected chi connectivity index (χ0v) is 18.0. The minimum absolute atomic E-state index is 0.132. The first-order chi connectivity index (χ1) is 14.3. The number of para-hydroxylation sites is 1. The lowest BCUT2D eigenvalue weighted by Crippen LogP contribution is -2.27. The smallest absolute Gasteiger partial charge is 0.261 e. The molecular formula is C22H21ClN2O4S. The summed E-state index contributed by atoms with van der Waals surface area (Å²) in [6.45, 7) is 1.84. The van der Waals surface area contributed by atoms with Crippen LogP contribution in [0.25, 0.3) is 0 Å². The molecule has 0 radical (unpaired) electrons. The molecule has 0 bridgehead atoms. The molecule has 0 saturated carbocycles. The van der Waals surface area contributed by atoms with Crippen molar-refractivity contribution in [1.82, 2.24) is 5.32 Å². The summed E-state index contributed by atoms with van der Waals surface area (Å²) in [6.07, 6.45) is 0. The summed E-state index contributed by atoms with van der Waals surface area (Å²) in [6, 6.07) is 19.5. The van der Waals surface area contributed by atoms with Gasteiger partial charge >= 0.3 is 0 Å². The molecule has 1 atom stereocenters. The molecule has 0 heterocycles. The summed E-state index contributed by atoms with van der Waals surface area (Å²) in [4.78, 5) is 12.8. The first kappa shape index (κ1) is 21.7. The molecular weight excluding hydrogens is 424 g/mol. The summed E-state index contributed by atoms with van der Waals surface area (Å²) in [5.74, 6) is 0.290. The van der Waals surface area contributed by atoms with E-state index in [1.807, 2.05) is 31.2 Å². The highest BCUT2D eigenvalue weighted by Crippen LogP contribution is 2.27. The molecule has 0 aliphatic rings. The Morgan fingerprint density at radius 2 is 1.67 bits per heavy atom. The number of sulfonamides is 1. The predicted octanol–water partition coefficient (Wildman–Crippen LogP) is 4.64.